The summed E-state index contributed by atoms with van der Waals surface area (Å²) >= 11 is 0. The number of hydrogen-bond donors (Lipinski definition) is 2. The molecule has 1 aromatic carbocycles. The molecule has 3 nitrogen and oxygen atoms in total. The minimum absolute atomic E-state index is 0.0512. The van der Waals surface area contributed by atoms with Crippen molar-refractivity contribution in [1.82, 2.24) is 0 Å². The van der Waals surface area contributed by atoms with Crippen LogP contribution in [0.3, 0.4) is 0 Å². The van der Waals surface area contributed by atoms with Gasteiger partial charge in [0.05, 0.1) is 6.42 Å². The second-order valence-corrected chi connectivity index (χ2v) is 4.94. The Morgan fingerprint density at radius 2 is 1.79 bits per heavy atom. The average Bonchev–Trinajstić information content (AvgIpc) is 2.35. The van der Waals surface area contributed by atoms with E-state index in [-0.39, 0.29) is 18.3 Å². The van der Waals surface area contributed by atoms with Crippen molar-refractivity contribution >= 4 is 5.97 Å². The second kappa shape index (κ2) is 8.64. The zero-order valence-electron chi connectivity index (χ0n) is 11.1. The lowest BCUT2D eigenvalue weighted by Crippen LogP contribution is -2.23. The molecule has 19 heavy (non-hydrogen) atoms. The number of rotatable bonds is 9. The van der Waals surface area contributed by atoms with Gasteiger partial charge in [0.15, 0.2) is 0 Å². The molecule has 4 heteroatoms. The van der Waals surface area contributed by atoms with Gasteiger partial charge in [0.2, 0.25) is 0 Å². The average molecular weight is 267 g/mol. The van der Waals surface area contributed by atoms with Crippen LogP contribution in [0.5, 0.6) is 0 Å². The van der Waals surface area contributed by atoms with Crippen LogP contribution in [-0.2, 0) is 11.2 Å². The highest BCUT2D eigenvalue weighted by Gasteiger charge is 2.06. The number of aliphatic carboxylic acids is 1. The van der Waals surface area contributed by atoms with Crippen molar-refractivity contribution in [1.29, 1.82) is 0 Å². The third kappa shape index (κ3) is 7.57. The van der Waals surface area contributed by atoms with Crippen molar-refractivity contribution in [3.8, 4) is 0 Å². The minimum Gasteiger partial charge on any atom is -0.481 e. The van der Waals surface area contributed by atoms with Gasteiger partial charge < -0.3 is 10.8 Å². The van der Waals surface area contributed by atoms with Gasteiger partial charge >= 0.3 is 5.97 Å². The summed E-state index contributed by atoms with van der Waals surface area (Å²) in [7, 11) is 0. The van der Waals surface area contributed by atoms with Crippen LogP contribution in [0.25, 0.3) is 0 Å². The first-order valence-corrected chi connectivity index (χ1v) is 6.80. The smallest absolute Gasteiger partial charge is 0.304 e. The first-order chi connectivity index (χ1) is 9.08. The Morgan fingerprint density at radius 3 is 2.42 bits per heavy atom. The first kappa shape index (κ1) is 15.6. The van der Waals surface area contributed by atoms with Gasteiger partial charge in [-0.1, -0.05) is 31.4 Å². The molecule has 0 heterocycles. The van der Waals surface area contributed by atoms with Gasteiger partial charge in [-0.3, -0.25) is 4.79 Å². The molecule has 1 atom stereocenters. The van der Waals surface area contributed by atoms with Gasteiger partial charge in [-0.2, -0.15) is 0 Å². The maximum Gasteiger partial charge on any atom is 0.304 e. The van der Waals surface area contributed by atoms with E-state index in [0.717, 1.165) is 44.1 Å². The molecule has 106 valence electrons. The molecule has 0 saturated carbocycles. The number of aryl methyl sites for hydroxylation is 1. The molecule has 1 aromatic rings. The highest BCUT2D eigenvalue weighted by atomic mass is 19.1. The summed E-state index contributed by atoms with van der Waals surface area (Å²) in [5, 5.41) is 8.56. The third-order valence-corrected chi connectivity index (χ3v) is 3.14. The van der Waals surface area contributed by atoms with Gasteiger partial charge in [0, 0.05) is 6.04 Å². The molecule has 0 amide bonds. The fraction of sp³-hybridized carbons (Fsp3) is 0.533. The van der Waals surface area contributed by atoms with Crippen LogP contribution in [0, 0.1) is 5.82 Å². The fourth-order valence-corrected chi connectivity index (χ4v) is 2.07. The Balaban J connectivity index is 2.02. The number of carboxylic acids is 1. The molecule has 1 rings (SSSR count). The van der Waals surface area contributed by atoms with E-state index in [4.69, 9.17) is 10.8 Å². The normalized spacial score (nSPS) is 12.3. The van der Waals surface area contributed by atoms with E-state index in [1.54, 1.807) is 0 Å². The molecule has 0 spiro atoms. The minimum atomic E-state index is -0.830. The first-order valence-electron chi connectivity index (χ1n) is 6.80. The number of nitrogens with two attached hydrogens (primary N) is 1. The van der Waals surface area contributed by atoms with Crippen LogP contribution in [0.15, 0.2) is 24.3 Å². The molecular formula is C15H22FNO2. The molecule has 0 bridgehead atoms. The molecule has 0 aliphatic rings. The number of carboxylic acid groups (broad SMARTS) is 1. The highest BCUT2D eigenvalue weighted by Crippen LogP contribution is 2.11. The molecular weight excluding hydrogens is 245 g/mol. The standard InChI is InChI=1S/C15H22FNO2/c16-13-9-7-12(8-10-13)5-3-1-2-4-6-14(17)11-15(18)19/h7-10,14H,1-6,11,17H2,(H,18,19)/t14-/m0/s1. The lowest BCUT2D eigenvalue weighted by Gasteiger charge is -2.08. The Kier molecular flexibility index (Phi) is 7.11. The molecule has 0 unspecified atom stereocenters. The predicted molar refractivity (Wildman–Crippen MR) is 73.4 cm³/mol. The number of unbranched alkanes of at least 4 members (excludes halogenated alkanes) is 3. The number of benzene rings is 1. The monoisotopic (exact) mass is 267 g/mol. The van der Waals surface area contributed by atoms with Gasteiger partial charge in [-0.15, -0.1) is 0 Å². The Hall–Kier alpha value is -1.42. The Morgan fingerprint density at radius 1 is 1.16 bits per heavy atom. The SMILES string of the molecule is N[C@@H](CCCCCCc1ccc(F)cc1)CC(=O)O. The van der Waals surface area contributed by atoms with Gasteiger partial charge in [0.25, 0.3) is 0 Å². The van der Waals surface area contributed by atoms with Crippen LogP contribution in [-0.4, -0.2) is 17.1 Å². The van der Waals surface area contributed by atoms with Gasteiger partial charge in [0.1, 0.15) is 5.82 Å². The summed E-state index contributed by atoms with van der Waals surface area (Å²) in [5.74, 6) is -1.03. The largest absolute Gasteiger partial charge is 0.481 e. The lowest BCUT2D eigenvalue weighted by atomic mass is 10.0. The summed E-state index contributed by atoms with van der Waals surface area (Å²) in [4.78, 5) is 10.4. The summed E-state index contributed by atoms with van der Waals surface area (Å²) < 4.78 is 12.7. The van der Waals surface area contributed by atoms with Crippen LogP contribution in [0.1, 0.15) is 44.1 Å². The van der Waals surface area contributed by atoms with E-state index in [1.165, 1.54) is 12.1 Å². The summed E-state index contributed by atoms with van der Waals surface area (Å²) in [5.41, 5.74) is 6.83. The molecule has 0 aliphatic heterocycles. The van der Waals surface area contributed by atoms with Crippen molar-refractivity contribution in [3.05, 3.63) is 35.6 Å². The molecule has 0 saturated heterocycles. The van der Waals surface area contributed by atoms with Gasteiger partial charge in [-0.25, -0.2) is 4.39 Å². The van der Waals surface area contributed by atoms with Crippen molar-refractivity contribution in [2.24, 2.45) is 5.73 Å². The molecule has 0 aliphatic carbocycles. The topological polar surface area (TPSA) is 63.3 Å². The van der Waals surface area contributed by atoms with E-state index in [2.05, 4.69) is 0 Å². The lowest BCUT2D eigenvalue weighted by molar-refractivity contribution is -0.137. The van der Waals surface area contributed by atoms with Gasteiger partial charge in [-0.05, 0) is 37.0 Å². The van der Waals surface area contributed by atoms with Crippen LogP contribution < -0.4 is 5.73 Å². The van der Waals surface area contributed by atoms with Crippen LogP contribution >= 0.6 is 0 Å². The third-order valence-electron chi connectivity index (χ3n) is 3.14. The maximum atomic E-state index is 12.7. The van der Waals surface area contributed by atoms with E-state index >= 15 is 0 Å². The predicted octanol–water partition coefficient (Wildman–Crippen LogP) is 3.12. The summed E-state index contributed by atoms with van der Waals surface area (Å²) in [6.45, 7) is 0. The number of carbonyl (C=O) groups is 1. The van der Waals surface area contributed by atoms with Crippen molar-refractivity contribution < 1.29 is 14.3 Å². The van der Waals surface area contributed by atoms with Crippen LogP contribution in [0.2, 0.25) is 0 Å². The van der Waals surface area contributed by atoms with E-state index in [1.807, 2.05) is 12.1 Å². The highest BCUT2D eigenvalue weighted by molar-refractivity contribution is 5.67. The zero-order valence-corrected chi connectivity index (χ0v) is 11.1. The molecule has 3 N–H and O–H groups in total. The van der Waals surface area contributed by atoms with Crippen molar-refractivity contribution in [3.63, 3.8) is 0 Å². The molecule has 0 radical (unpaired) electrons. The van der Waals surface area contributed by atoms with Crippen molar-refractivity contribution in [2.75, 3.05) is 0 Å². The van der Waals surface area contributed by atoms with E-state index in [0.29, 0.717) is 0 Å². The van der Waals surface area contributed by atoms with Crippen LogP contribution in [0.4, 0.5) is 4.39 Å². The summed E-state index contributed by atoms with van der Waals surface area (Å²) in [6.07, 6.45) is 5.98. The number of halogens is 1. The van der Waals surface area contributed by atoms with Crippen molar-refractivity contribution in [2.45, 2.75) is 51.0 Å². The maximum absolute atomic E-state index is 12.7. The molecule has 0 aromatic heterocycles. The summed E-state index contributed by atoms with van der Waals surface area (Å²) in [6, 6.07) is 6.38. The Bertz CT molecular complexity index is 378. The zero-order chi connectivity index (χ0) is 14.1. The van der Waals surface area contributed by atoms with E-state index in [9.17, 15) is 9.18 Å². The Labute approximate surface area is 113 Å². The van der Waals surface area contributed by atoms with E-state index < -0.39 is 5.97 Å². The quantitative estimate of drug-likeness (QED) is 0.676. The second-order valence-electron chi connectivity index (χ2n) is 4.94. The fourth-order valence-electron chi connectivity index (χ4n) is 2.07. The number of hydrogen-bond acceptors (Lipinski definition) is 2. The molecule has 0 fully saturated rings.